The fraction of sp³-hybridized carbons (Fsp3) is 0.417. The predicted molar refractivity (Wildman–Crippen MR) is 115 cm³/mol. The number of hydrogen-bond acceptors (Lipinski definition) is 5. The van der Waals surface area contributed by atoms with Gasteiger partial charge in [0, 0.05) is 24.1 Å². The van der Waals surface area contributed by atoms with Gasteiger partial charge in [0.1, 0.15) is 23.4 Å². The molecule has 2 unspecified atom stereocenters. The molecule has 0 saturated carbocycles. The number of ether oxygens (including phenoxy) is 3. The van der Waals surface area contributed by atoms with E-state index in [4.69, 9.17) is 19.3 Å². The minimum Gasteiger partial charge on any atom is -0.494 e. The van der Waals surface area contributed by atoms with Crippen molar-refractivity contribution in [2.45, 2.75) is 38.0 Å². The molecule has 0 radical (unpaired) electrons. The van der Waals surface area contributed by atoms with Gasteiger partial charge in [-0.3, -0.25) is 0 Å². The van der Waals surface area contributed by atoms with Crippen molar-refractivity contribution in [3.8, 4) is 17.0 Å². The molecule has 3 aromatic rings. The molecular formula is C24H24FN3O4. The number of nitrogens with zero attached hydrogens (tertiary/aromatic N) is 3. The molecule has 2 aromatic carbocycles. The highest BCUT2D eigenvalue weighted by atomic mass is 19.1. The second-order valence-electron chi connectivity index (χ2n) is 8.59. The summed E-state index contributed by atoms with van der Waals surface area (Å²) in [5.41, 5.74) is 2.87. The number of halogens is 1. The fourth-order valence-electron chi connectivity index (χ4n) is 4.80. The van der Waals surface area contributed by atoms with Crippen molar-refractivity contribution >= 4 is 17.0 Å². The molecule has 166 valence electrons. The van der Waals surface area contributed by atoms with Crippen LogP contribution in [0.4, 0.5) is 9.18 Å². The van der Waals surface area contributed by atoms with Crippen LogP contribution in [0.5, 0.6) is 5.75 Å². The molecule has 6 rings (SSSR count). The Labute approximate surface area is 184 Å². The van der Waals surface area contributed by atoms with Crippen LogP contribution in [0, 0.1) is 5.82 Å². The summed E-state index contributed by atoms with van der Waals surface area (Å²) in [7, 11) is 0. The van der Waals surface area contributed by atoms with Crippen LogP contribution >= 0.6 is 0 Å². The first kappa shape index (κ1) is 19.5. The highest BCUT2D eigenvalue weighted by Gasteiger charge is 2.33. The van der Waals surface area contributed by atoms with Crippen LogP contribution in [-0.4, -0.2) is 47.1 Å². The summed E-state index contributed by atoms with van der Waals surface area (Å²) in [5.74, 6) is 0.335. The first-order valence-corrected chi connectivity index (χ1v) is 11.2. The van der Waals surface area contributed by atoms with Gasteiger partial charge in [-0.25, -0.2) is 13.9 Å². The Hall–Kier alpha value is -3.13. The van der Waals surface area contributed by atoms with Crippen molar-refractivity contribution in [3.05, 3.63) is 47.8 Å². The van der Waals surface area contributed by atoms with Crippen LogP contribution in [0.25, 0.3) is 22.2 Å². The van der Waals surface area contributed by atoms with Gasteiger partial charge in [0.05, 0.1) is 18.7 Å². The minimum atomic E-state index is -0.508. The zero-order chi connectivity index (χ0) is 21.7. The van der Waals surface area contributed by atoms with Gasteiger partial charge >= 0.3 is 6.09 Å². The SMILES string of the molecule is O=C1OC2CN1CCCOc1ccc3c(c1)c(nn3C1CCCCO1)-c1cc(F)cc2c1. The molecule has 0 N–H and O–H groups in total. The molecule has 0 aliphatic carbocycles. The van der Waals surface area contributed by atoms with Gasteiger partial charge in [-0.05, 0) is 67.6 Å². The Morgan fingerprint density at radius 3 is 2.88 bits per heavy atom. The van der Waals surface area contributed by atoms with E-state index in [1.165, 1.54) is 12.1 Å². The van der Waals surface area contributed by atoms with Crippen molar-refractivity contribution in [2.24, 2.45) is 0 Å². The zero-order valence-corrected chi connectivity index (χ0v) is 17.6. The Balaban J connectivity index is 1.53. The van der Waals surface area contributed by atoms with E-state index in [2.05, 4.69) is 0 Å². The van der Waals surface area contributed by atoms with Gasteiger partial charge in [0.25, 0.3) is 0 Å². The van der Waals surface area contributed by atoms with Crippen molar-refractivity contribution in [3.63, 3.8) is 0 Å². The third-order valence-electron chi connectivity index (χ3n) is 6.40. The fourth-order valence-corrected chi connectivity index (χ4v) is 4.80. The third-order valence-corrected chi connectivity index (χ3v) is 6.40. The average molecular weight is 437 g/mol. The molecule has 2 fully saturated rings. The van der Waals surface area contributed by atoms with E-state index in [0.29, 0.717) is 49.5 Å². The molecule has 1 amide bonds. The van der Waals surface area contributed by atoms with Gasteiger partial charge in [-0.2, -0.15) is 5.10 Å². The van der Waals surface area contributed by atoms with E-state index in [-0.39, 0.29) is 18.1 Å². The number of aromatic nitrogens is 2. The van der Waals surface area contributed by atoms with E-state index >= 15 is 0 Å². The van der Waals surface area contributed by atoms with Gasteiger partial charge in [-0.1, -0.05) is 0 Å². The number of rotatable bonds is 1. The normalized spacial score (nSPS) is 23.2. The maximum atomic E-state index is 14.7. The lowest BCUT2D eigenvalue weighted by Crippen LogP contribution is -2.26. The molecule has 3 aliphatic rings. The first-order chi connectivity index (χ1) is 15.7. The van der Waals surface area contributed by atoms with Gasteiger partial charge in [0.15, 0.2) is 6.23 Å². The van der Waals surface area contributed by atoms with Gasteiger partial charge < -0.3 is 19.1 Å². The van der Waals surface area contributed by atoms with E-state index in [9.17, 15) is 9.18 Å². The van der Waals surface area contributed by atoms with Crippen molar-refractivity contribution in [2.75, 3.05) is 26.3 Å². The maximum absolute atomic E-state index is 14.7. The Bertz CT molecular complexity index is 1190. The van der Waals surface area contributed by atoms with Crippen molar-refractivity contribution in [1.29, 1.82) is 0 Å². The zero-order valence-electron chi connectivity index (χ0n) is 17.6. The van der Waals surface area contributed by atoms with Crippen LogP contribution in [0.1, 0.15) is 43.6 Å². The number of carbonyl (C=O) groups is 1. The van der Waals surface area contributed by atoms with Crippen molar-refractivity contribution < 1.29 is 23.4 Å². The van der Waals surface area contributed by atoms with Crippen LogP contribution in [-0.2, 0) is 9.47 Å². The molecule has 3 aliphatic heterocycles. The molecular weight excluding hydrogens is 413 g/mol. The van der Waals surface area contributed by atoms with E-state index in [1.807, 2.05) is 28.9 Å². The Kier molecular flexibility index (Phi) is 4.75. The quantitative estimate of drug-likeness (QED) is 0.546. The summed E-state index contributed by atoms with van der Waals surface area (Å²) in [6.45, 7) is 2.11. The summed E-state index contributed by atoms with van der Waals surface area (Å²) in [5, 5.41) is 5.77. The smallest absolute Gasteiger partial charge is 0.410 e. The van der Waals surface area contributed by atoms with Crippen LogP contribution in [0.3, 0.4) is 0 Å². The van der Waals surface area contributed by atoms with E-state index < -0.39 is 6.10 Å². The Morgan fingerprint density at radius 2 is 2.00 bits per heavy atom. The Morgan fingerprint density at radius 1 is 1.06 bits per heavy atom. The summed E-state index contributed by atoms with van der Waals surface area (Å²) in [6.07, 6.45) is 2.66. The molecule has 32 heavy (non-hydrogen) atoms. The average Bonchev–Trinajstić information content (AvgIpc) is 3.37. The van der Waals surface area contributed by atoms with Crippen LogP contribution in [0.2, 0.25) is 0 Å². The molecule has 0 spiro atoms. The number of amides is 1. The van der Waals surface area contributed by atoms with Crippen molar-refractivity contribution in [1.82, 2.24) is 14.7 Å². The lowest BCUT2D eigenvalue weighted by atomic mass is 10.0. The number of fused-ring (bicyclic) bond motifs is 7. The monoisotopic (exact) mass is 437 g/mol. The highest BCUT2D eigenvalue weighted by Crippen LogP contribution is 2.37. The molecule has 4 heterocycles. The predicted octanol–water partition coefficient (Wildman–Crippen LogP) is 4.82. The van der Waals surface area contributed by atoms with Gasteiger partial charge in [0.2, 0.25) is 0 Å². The molecule has 2 atom stereocenters. The molecule has 2 saturated heterocycles. The second kappa shape index (κ2) is 7.78. The van der Waals surface area contributed by atoms with Crippen LogP contribution < -0.4 is 4.74 Å². The van der Waals surface area contributed by atoms with E-state index in [1.54, 1.807) is 4.90 Å². The third kappa shape index (κ3) is 3.39. The first-order valence-electron chi connectivity index (χ1n) is 11.2. The highest BCUT2D eigenvalue weighted by molar-refractivity contribution is 5.94. The maximum Gasteiger partial charge on any atom is 0.410 e. The van der Waals surface area contributed by atoms with Crippen LogP contribution in [0.15, 0.2) is 36.4 Å². The summed E-state index contributed by atoms with van der Waals surface area (Å²) >= 11 is 0. The second-order valence-corrected chi connectivity index (χ2v) is 8.59. The van der Waals surface area contributed by atoms with Gasteiger partial charge in [-0.15, -0.1) is 0 Å². The summed E-state index contributed by atoms with van der Waals surface area (Å²) in [6, 6.07) is 10.7. The van der Waals surface area contributed by atoms with E-state index in [0.717, 1.165) is 35.9 Å². The molecule has 1 aromatic heterocycles. The molecule has 8 heteroatoms. The summed E-state index contributed by atoms with van der Waals surface area (Å²) in [4.78, 5) is 13.9. The largest absolute Gasteiger partial charge is 0.494 e. The molecule has 6 bridgehead atoms. The lowest BCUT2D eigenvalue weighted by Gasteiger charge is -2.23. The number of carbonyl (C=O) groups excluding carboxylic acids is 1. The standard InChI is InChI=1S/C24H24FN3O4/c25-17-11-15-10-16(12-17)23-19-13-18(30-9-3-7-27-14-21(15)32-24(27)29)5-6-20(19)28(26-23)22-4-1-2-8-31-22/h5-6,10-13,21-22H,1-4,7-9,14H2. The number of benzene rings is 2. The lowest BCUT2D eigenvalue weighted by molar-refractivity contribution is -0.0365. The molecule has 7 nitrogen and oxygen atoms in total. The topological polar surface area (TPSA) is 65.8 Å². The summed E-state index contributed by atoms with van der Waals surface area (Å²) < 4.78 is 34.1. The minimum absolute atomic E-state index is 0.147. The number of hydrogen-bond donors (Lipinski definition) is 0.